The molecule has 2 rings (SSSR count). The van der Waals surface area contributed by atoms with E-state index in [0.717, 1.165) is 0 Å². The number of nitrogens with zero attached hydrogens (tertiary/aromatic N) is 1. The van der Waals surface area contributed by atoms with Crippen LogP contribution in [0.4, 0.5) is 5.13 Å². The topological polar surface area (TPSA) is 42.0 Å². The zero-order valence-electron chi connectivity index (χ0n) is 8.91. The van der Waals surface area contributed by atoms with Crippen molar-refractivity contribution in [3.63, 3.8) is 0 Å². The van der Waals surface area contributed by atoms with E-state index >= 15 is 0 Å². The summed E-state index contributed by atoms with van der Waals surface area (Å²) >= 11 is 18.8. The summed E-state index contributed by atoms with van der Waals surface area (Å²) in [5, 5.41) is 5.47. The maximum atomic E-state index is 12.0. The lowest BCUT2D eigenvalue weighted by molar-refractivity contribution is 0.102. The highest BCUT2D eigenvalue weighted by Crippen LogP contribution is 2.26. The Hall–Kier alpha value is -0.810. The molecule has 1 heterocycles. The number of hydrogen-bond donors (Lipinski definition) is 1. The molecule has 7 heteroatoms. The Bertz CT molecular complexity index is 565. The van der Waals surface area contributed by atoms with Crippen LogP contribution in [0.2, 0.25) is 10.0 Å². The molecule has 0 saturated carbocycles. The lowest BCUT2D eigenvalue weighted by Gasteiger charge is -2.05. The second kappa shape index (κ2) is 5.89. The molecule has 2 aromatic rings. The van der Waals surface area contributed by atoms with Crippen LogP contribution in [0.5, 0.6) is 0 Å². The highest BCUT2D eigenvalue weighted by Gasteiger charge is 2.15. The predicted octanol–water partition coefficient (Wildman–Crippen LogP) is 4.44. The molecule has 0 atom stereocenters. The molecule has 0 aliphatic rings. The van der Waals surface area contributed by atoms with Crippen molar-refractivity contribution < 1.29 is 4.79 Å². The third-order valence-electron chi connectivity index (χ3n) is 2.10. The number of anilines is 1. The first-order valence-corrected chi connectivity index (χ1v) is 7.04. The Balaban J connectivity index is 2.22. The number of hydrogen-bond acceptors (Lipinski definition) is 3. The minimum atomic E-state index is -0.388. The van der Waals surface area contributed by atoms with E-state index in [1.165, 1.54) is 11.3 Å². The SMILES string of the molecule is O=C(Nc1nc(CCl)cs1)c1c(Cl)cccc1Cl. The van der Waals surface area contributed by atoms with Gasteiger partial charge in [0, 0.05) is 5.38 Å². The molecule has 1 aromatic carbocycles. The Morgan fingerprint density at radius 1 is 1.33 bits per heavy atom. The van der Waals surface area contributed by atoms with Crippen LogP contribution < -0.4 is 5.32 Å². The van der Waals surface area contributed by atoms with Crippen LogP contribution in [0.1, 0.15) is 16.1 Å². The third-order valence-corrected chi connectivity index (χ3v) is 3.81. The highest BCUT2D eigenvalue weighted by molar-refractivity contribution is 7.14. The van der Waals surface area contributed by atoms with Gasteiger partial charge in [0.25, 0.3) is 5.91 Å². The maximum Gasteiger partial charge on any atom is 0.260 e. The van der Waals surface area contributed by atoms with Crippen molar-refractivity contribution in [1.29, 1.82) is 0 Å². The number of halogens is 3. The molecule has 0 aliphatic carbocycles. The number of aromatic nitrogens is 1. The third kappa shape index (κ3) is 2.95. The minimum Gasteiger partial charge on any atom is -0.298 e. The van der Waals surface area contributed by atoms with E-state index < -0.39 is 0 Å². The number of nitrogens with one attached hydrogen (secondary N) is 1. The Kier molecular flexibility index (Phi) is 4.45. The average molecular weight is 322 g/mol. The van der Waals surface area contributed by atoms with Crippen molar-refractivity contribution in [3.8, 4) is 0 Å². The standard InChI is InChI=1S/C11H7Cl3N2OS/c12-4-6-5-18-11(15-6)16-10(17)9-7(13)2-1-3-8(9)14/h1-3,5H,4H2,(H,15,16,17). The van der Waals surface area contributed by atoms with Crippen LogP contribution in [0.25, 0.3) is 0 Å². The molecule has 0 fully saturated rings. The van der Waals surface area contributed by atoms with Gasteiger partial charge in [-0.3, -0.25) is 10.1 Å². The summed E-state index contributed by atoms with van der Waals surface area (Å²) < 4.78 is 0. The van der Waals surface area contributed by atoms with Crippen molar-refractivity contribution in [3.05, 3.63) is 44.9 Å². The second-order valence-electron chi connectivity index (χ2n) is 3.33. The summed E-state index contributed by atoms with van der Waals surface area (Å²) in [4.78, 5) is 16.1. The van der Waals surface area contributed by atoms with Gasteiger partial charge >= 0.3 is 0 Å². The van der Waals surface area contributed by atoms with Crippen molar-refractivity contribution >= 4 is 57.2 Å². The van der Waals surface area contributed by atoms with Gasteiger partial charge in [-0.05, 0) is 12.1 Å². The number of rotatable bonds is 3. The van der Waals surface area contributed by atoms with Gasteiger partial charge < -0.3 is 0 Å². The number of alkyl halides is 1. The second-order valence-corrected chi connectivity index (χ2v) is 5.27. The first kappa shape index (κ1) is 13.6. The smallest absolute Gasteiger partial charge is 0.260 e. The molecule has 18 heavy (non-hydrogen) atoms. The minimum absolute atomic E-state index is 0.239. The predicted molar refractivity (Wildman–Crippen MR) is 76.1 cm³/mol. The van der Waals surface area contributed by atoms with Crippen molar-refractivity contribution in [2.75, 3.05) is 5.32 Å². The van der Waals surface area contributed by atoms with E-state index in [9.17, 15) is 4.79 Å². The van der Waals surface area contributed by atoms with Crippen LogP contribution in [-0.4, -0.2) is 10.9 Å². The first-order valence-electron chi connectivity index (χ1n) is 4.87. The Labute approximate surface area is 123 Å². The van der Waals surface area contributed by atoms with Gasteiger partial charge in [0.2, 0.25) is 0 Å². The molecule has 0 bridgehead atoms. The molecule has 1 amide bonds. The van der Waals surface area contributed by atoms with E-state index in [-0.39, 0.29) is 11.5 Å². The van der Waals surface area contributed by atoms with E-state index in [1.54, 1.807) is 23.6 Å². The van der Waals surface area contributed by atoms with Gasteiger partial charge in [0.1, 0.15) is 0 Å². The van der Waals surface area contributed by atoms with Crippen LogP contribution in [0, 0.1) is 0 Å². The first-order chi connectivity index (χ1) is 8.61. The Morgan fingerprint density at radius 3 is 2.56 bits per heavy atom. The molecule has 0 radical (unpaired) electrons. The normalized spacial score (nSPS) is 10.4. The van der Waals surface area contributed by atoms with Gasteiger partial charge in [-0.25, -0.2) is 4.98 Å². The fraction of sp³-hybridized carbons (Fsp3) is 0.0909. The van der Waals surface area contributed by atoms with Gasteiger partial charge in [0.15, 0.2) is 5.13 Å². The van der Waals surface area contributed by atoms with Gasteiger partial charge in [-0.1, -0.05) is 29.3 Å². The van der Waals surface area contributed by atoms with Crippen LogP contribution in [0.3, 0.4) is 0 Å². The molecule has 0 unspecified atom stereocenters. The molecule has 0 spiro atoms. The van der Waals surface area contributed by atoms with Crippen LogP contribution in [0.15, 0.2) is 23.6 Å². The number of carbonyl (C=O) groups excluding carboxylic acids is 1. The zero-order chi connectivity index (χ0) is 13.1. The van der Waals surface area contributed by atoms with Gasteiger partial charge in [0.05, 0.1) is 27.2 Å². The van der Waals surface area contributed by atoms with Gasteiger partial charge in [-0.2, -0.15) is 0 Å². The lowest BCUT2D eigenvalue weighted by atomic mass is 10.2. The van der Waals surface area contributed by atoms with Crippen molar-refractivity contribution in [2.45, 2.75) is 5.88 Å². The number of amides is 1. The molecular formula is C11H7Cl3N2OS. The fourth-order valence-electron chi connectivity index (χ4n) is 1.30. The summed E-state index contributed by atoms with van der Waals surface area (Å²) in [6.45, 7) is 0. The van der Waals surface area contributed by atoms with Crippen LogP contribution in [-0.2, 0) is 5.88 Å². The number of benzene rings is 1. The number of thiazole rings is 1. The summed E-state index contributed by atoms with van der Waals surface area (Å²) in [6, 6.07) is 4.89. The molecular weight excluding hydrogens is 315 g/mol. The average Bonchev–Trinajstić information content (AvgIpc) is 2.76. The Morgan fingerprint density at radius 2 is 2.00 bits per heavy atom. The fourth-order valence-corrected chi connectivity index (χ4v) is 2.80. The van der Waals surface area contributed by atoms with Crippen molar-refractivity contribution in [1.82, 2.24) is 4.98 Å². The molecule has 1 N–H and O–H groups in total. The largest absolute Gasteiger partial charge is 0.298 e. The van der Waals surface area contributed by atoms with E-state index in [1.807, 2.05) is 0 Å². The summed E-state index contributed by atoms with van der Waals surface area (Å²) in [5.74, 6) is -0.0831. The monoisotopic (exact) mass is 320 g/mol. The molecule has 1 aromatic heterocycles. The van der Waals surface area contributed by atoms with E-state index in [2.05, 4.69) is 10.3 Å². The quantitative estimate of drug-likeness (QED) is 0.849. The molecule has 94 valence electrons. The van der Waals surface area contributed by atoms with E-state index in [4.69, 9.17) is 34.8 Å². The number of carbonyl (C=O) groups is 1. The summed E-state index contributed by atoms with van der Waals surface area (Å²) in [5.41, 5.74) is 0.950. The van der Waals surface area contributed by atoms with Crippen molar-refractivity contribution in [2.24, 2.45) is 0 Å². The van der Waals surface area contributed by atoms with Crippen LogP contribution >= 0.6 is 46.1 Å². The summed E-state index contributed by atoms with van der Waals surface area (Å²) in [7, 11) is 0. The zero-order valence-corrected chi connectivity index (χ0v) is 12.0. The molecule has 3 nitrogen and oxygen atoms in total. The van der Waals surface area contributed by atoms with E-state index in [0.29, 0.717) is 26.8 Å². The lowest BCUT2D eigenvalue weighted by Crippen LogP contribution is -2.13. The highest BCUT2D eigenvalue weighted by atomic mass is 35.5. The molecule has 0 saturated heterocycles. The maximum absolute atomic E-state index is 12.0. The van der Waals surface area contributed by atoms with Gasteiger partial charge in [-0.15, -0.1) is 22.9 Å². The molecule has 0 aliphatic heterocycles. The summed E-state index contributed by atoms with van der Waals surface area (Å²) in [6.07, 6.45) is 0.